The average molecular weight is 295 g/mol. The van der Waals surface area contributed by atoms with Crippen molar-refractivity contribution in [3.8, 4) is 0 Å². The Kier molecular flexibility index (Phi) is 3.84. The molecule has 0 saturated carbocycles. The number of piperidine rings is 1. The van der Waals surface area contributed by atoms with Crippen molar-refractivity contribution in [1.82, 2.24) is 4.90 Å². The number of nitrogens with zero attached hydrogens (tertiary/aromatic N) is 1. The molecular weight excluding hydrogens is 274 g/mol. The summed E-state index contributed by atoms with van der Waals surface area (Å²) in [5.74, 6) is 0. The lowest BCUT2D eigenvalue weighted by molar-refractivity contribution is 0.0832. The van der Waals surface area contributed by atoms with Crippen molar-refractivity contribution < 1.29 is 12.6 Å². The molecule has 4 nitrogen and oxygen atoms in total. The zero-order valence-corrected chi connectivity index (χ0v) is 12.6. The molecule has 2 unspecified atom stereocenters. The van der Waals surface area contributed by atoms with Crippen molar-refractivity contribution in [3.05, 3.63) is 29.8 Å². The fourth-order valence-corrected chi connectivity index (χ4v) is 4.33. The lowest BCUT2D eigenvalue weighted by Crippen LogP contribution is -2.41. The Morgan fingerprint density at radius 1 is 1.15 bits per heavy atom. The molecule has 2 fully saturated rings. The third-order valence-corrected chi connectivity index (χ3v) is 5.72. The largest absolute Gasteiger partial charge is 0.300 e. The molecule has 1 aromatic rings. The van der Waals surface area contributed by atoms with Crippen molar-refractivity contribution in [2.24, 2.45) is 0 Å². The van der Waals surface area contributed by atoms with E-state index in [2.05, 4.69) is 4.90 Å². The highest BCUT2D eigenvalue weighted by Gasteiger charge is 2.34. The molecule has 20 heavy (non-hydrogen) atoms. The zero-order valence-electron chi connectivity index (χ0n) is 11.8. The second-order valence-electron chi connectivity index (χ2n) is 5.84. The van der Waals surface area contributed by atoms with Gasteiger partial charge in [-0.1, -0.05) is 17.7 Å². The maximum Gasteiger partial charge on any atom is 0.297 e. The Labute approximate surface area is 120 Å². The number of aryl methyl sites for hydroxylation is 1. The predicted molar refractivity (Wildman–Crippen MR) is 77.1 cm³/mol. The molecule has 3 rings (SSSR count). The molecule has 0 spiro atoms. The Bertz CT molecular complexity index is 567. The fraction of sp³-hybridized carbons (Fsp3) is 0.600. The Balaban J connectivity index is 1.69. The molecule has 2 heterocycles. The van der Waals surface area contributed by atoms with Gasteiger partial charge in [0, 0.05) is 12.6 Å². The van der Waals surface area contributed by atoms with Crippen LogP contribution >= 0.6 is 0 Å². The summed E-state index contributed by atoms with van der Waals surface area (Å²) < 4.78 is 30.0. The molecule has 2 atom stereocenters. The van der Waals surface area contributed by atoms with Gasteiger partial charge in [0.05, 0.1) is 11.0 Å². The van der Waals surface area contributed by atoms with E-state index in [0.29, 0.717) is 6.04 Å². The third kappa shape index (κ3) is 2.90. The molecule has 0 aromatic heterocycles. The van der Waals surface area contributed by atoms with Gasteiger partial charge in [0.15, 0.2) is 0 Å². The average Bonchev–Trinajstić information content (AvgIpc) is 2.86. The number of hydrogen-bond acceptors (Lipinski definition) is 4. The van der Waals surface area contributed by atoms with Crippen LogP contribution in [0.4, 0.5) is 0 Å². The quantitative estimate of drug-likeness (QED) is 0.803. The first kappa shape index (κ1) is 14.0. The molecule has 1 aromatic carbocycles. The Hall–Kier alpha value is -0.910. The maximum absolute atomic E-state index is 12.3. The first-order valence-corrected chi connectivity index (χ1v) is 8.69. The monoisotopic (exact) mass is 295 g/mol. The number of hydrogen-bond donors (Lipinski definition) is 0. The van der Waals surface area contributed by atoms with Crippen molar-refractivity contribution in [2.75, 3.05) is 13.1 Å². The highest BCUT2D eigenvalue weighted by molar-refractivity contribution is 7.86. The van der Waals surface area contributed by atoms with Gasteiger partial charge < -0.3 is 4.90 Å². The summed E-state index contributed by atoms with van der Waals surface area (Å²) in [6.07, 6.45) is 3.87. The van der Waals surface area contributed by atoms with Crippen LogP contribution in [0.1, 0.15) is 31.2 Å². The second-order valence-corrected chi connectivity index (χ2v) is 7.41. The van der Waals surface area contributed by atoms with Crippen LogP contribution in [-0.4, -0.2) is 38.6 Å². The van der Waals surface area contributed by atoms with E-state index in [-0.39, 0.29) is 11.0 Å². The van der Waals surface area contributed by atoms with Gasteiger partial charge in [-0.2, -0.15) is 8.42 Å². The van der Waals surface area contributed by atoms with Crippen molar-refractivity contribution >= 4 is 10.1 Å². The lowest BCUT2D eigenvalue weighted by atomic mass is 10.0. The molecule has 110 valence electrons. The summed E-state index contributed by atoms with van der Waals surface area (Å²) in [6, 6.07) is 7.36. The number of fused-ring (bicyclic) bond motifs is 1. The molecule has 0 amide bonds. The van der Waals surface area contributed by atoms with Crippen LogP contribution in [0, 0.1) is 6.92 Å². The molecule has 2 aliphatic heterocycles. The van der Waals surface area contributed by atoms with Crippen LogP contribution in [0.15, 0.2) is 29.2 Å². The first-order chi connectivity index (χ1) is 9.54. The third-order valence-electron chi connectivity index (χ3n) is 4.34. The lowest BCUT2D eigenvalue weighted by Gasteiger charge is -2.34. The fourth-order valence-electron chi connectivity index (χ4n) is 3.21. The SMILES string of the molecule is Cc1ccc(S(=O)(=O)OC2CCN3CCCC3C2)cc1. The van der Waals surface area contributed by atoms with Gasteiger partial charge in [-0.05, 0) is 51.3 Å². The van der Waals surface area contributed by atoms with E-state index >= 15 is 0 Å². The molecule has 2 saturated heterocycles. The minimum Gasteiger partial charge on any atom is -0.300 e. The topological polar surface area (TPSA) is 46.6 Å². The summed E-state index contributed by atoms with van der Waals surface area (Å²) >= 11 is 0. The van der Waals surface area contributed by atoms with Gasteiger partial charge in [-0.25, -0.2) is 0 Å². The Morgan fingerprint density at radius 2 is 1.90 bits per heavy atom. The summed E-state index contributed by atoms with van der Waals surface area (Å²) in [5.41, 5.74) is 1.04. The highest BCUT2D eigenvalue weighted by Crippen LogP contribution is 2.30. The summed E-state index contributed by atoms with van der Waals surface area (Å²) in [5, 5.41) is 0. The molecule has 0 N–H and O–H groups in total. The first-order valence-electron chi connectivity index (χ1n) is 7.28. The van der Waals surface area contributed by atoms with Crippen LogP contribution in [0.25, 0.3) is 0 Å². The molecule has 2 aliphatic rings. The Morgan fingerprint density at radius 3 is 2.65 bits per heavy atom. The second kappa shape index (κ2) is 5.47. The summed E-state index contributed by atoms with van der Waals surface area (Å²) in [4.78, 5) is 2.72. The zero-order chi connectivity index (χ0) is 14.2. The van der Waals surface area contributed by atoms with Crippen molar-refractivity contribution in [1.29, 1.82) is 0 Å². The standard InChI is InChI=1S/C15H21NO3S/c1-12-4-6-15(7-5-12)20(17,18)19-14-8-10-16-9-2-3-13(16)11-14/h4-7,13-14H,2-3,8-11H2,1H3. The van der Waals surface area contributed by atoms with Gasteiger partial charge in [0.1, 0.15) is 0 Å². The van der Waals surface area contributed by atoms with Gasteiger partial charge >= 0.3 is 0 Å². The molecule has 0 radical (unpaired) electrons. The number of rotatable bonds is 3. The maximum atomic E-state index is 12.3. The van der Waals surface area contributed by atoms with E-state index in [9.17, 15) is 8.42 Å². The van der Waals surface area contributed by atoms with Crippen LogP contribution in [0.2, 0.25) is 0 Å². The van der Waals surface area contributed by atoms with Crippen molar-refractivity contribution in [2.45, 2.75) is 49.6 Å². The summed E-state index contributed by atoms with van der Waals surface area (Å²) in [7, 11) is -3.62. The van der Waals surface area contributed by atoms with Gasteiger partial charge in [-0.3, -0.25) is 4.18 Å². The van der Waals surface area contributed by atoms with E-state index in [1.54, 1.807) is 24.3 Å². The van der Waals surface area contributed by atoms with Gasteiger partial charge in [-0.15, -0.1) is 0 Å². The van der Waals surface area contributed by atoms with E-state index in [4.69, 9.17) is 4.18 Å². The summed E-state index contributed by atoms with van der Waals surface area (Å²) in [6.45, 7) is 4.05. The highest BCUT2D eigenvalue weighted by atomic mass is 32.2. The molecule has 5 heteroatoms. The van der Waals surface area contributed by atoms with E-state index in [1.165, 1.54) is 12.8 Å². The van der Waals surface area contributed by atoms with Crippen molar-refractivity contribution in [3.63, 3.8) is 0 Å². The normalized spacial score (nSPS) is 27.4. The minimum absolute atomic E-state index is 0.166. The van der Waals surface area contributed by atoms with Crippen LogP contribution < -0.4 is 0 Å². The predicted octanol–water partition coefficient (Wildman–Crippen LogP) is 2.33. The van der Waals surface area contributed by atoms with E-state index < -0.39 is 10.1 Å². The van der Waals surface area contributed by atoms with Gasteiger partial charge in [0.2, 0.25) is 0 Å². The number of benzene rings is 1. The molecule has 0 bridgehead atoms. The van der Waals surface area contributed by atoms with Gasteiger partial charge in [0.25, 0.3) is 10.1 Å². The van der Waals surface area contributed by atoms with Crippen LogP contribution in [-0.2, 0) is 14.3 Å². The van der Waals surface area contributed by atoms with Crippen LogP contribution in [0.5, 0.6) is 0 Å². The van der Waals surface area contributed by atoms with Crippen LogP contribution in [0.3, 0.4) is 0 Å². The minimum atomic E-state index is -3.62. The van der Waals surface area contributed by atoms with E-state index in [0.717, 1.165) is 31.5 Å². The molecular formula is C15H21NO3S. The van der Waals surface area contributed by atoms with E-state index in [1.807, 2.05) is 6.92 Å². The smallest absolute Gasteiger partial charge is 0.297 e. The molecule has 0 aliphatic carbocycles.